The van der Waals surface area contributed by atoms with Gasteiger partial charge in [-0.05, 0) is 61.3 Å². The quantitative estimate of drug-likeness (QED) is 0.794. The van der Waals surface area contributed by atoms with Crippen molar-refractivity contribution in [3.63, 3.8) is 0 Å². The lowest BCUT2D eigenvalue weighted by Crippen LogP contribution is -2.57. The van der Waals surface area contributed by atoms with E-state index in [0.29, 0.717) is 17.0 Å². The summed E-state index contributed by atoms with van der Waals surface area (Å²) >= 11 is 0. The van der Waals surface area contributed by atoms with Crippen LogP contribution in [0.3, 0.4) is 0 Å². The van der Waals surface area contributed by atoms with Crippen LogP contribution in [-0.2, 0) is 9.53 Å². The van der Waals surface area contributed by atoms with Crippen molar-refractivity contribution in [2.75, 3.05) is 0 Å². The summed E-state index contributed by atoms with van der Waals surface area (Å²) in [5.74, 6) is 0.646. The van der Waals surface area contributed by atoms with Gasteiger partial charge in [-0.3, -0.25) is 9.59 Å². The van der Waals surface area contributed by atoms with Crippen molar-refractivity contribution in [2.45, 2.75) is 58.6 Å². The summed E-state index contributed by atoms with van der Waals surface area (Å²) in [7, 11) is 0. The fraction of sp³-hybridized carbons (Fsp3) is 0.609. The molecule has 3 aliphatic rings. The van der Waals surface area contributed by atoms with Crippen LogP contribution in [0, 0.1) is 40.4 Å². The number of ether oxygens (including phenoxy) is 1. The molecule has 2 aliphatic carbocycles. The third-order valence-electron chi connectivity index (χ3n) is 7.72. The van der Waals surface area contributed by atoms with Gasteiger partial charge < -0.3 is 10.1 Å². The van der Waals surface area contributed by atoms with E-state index in [9.17, 15) is 9.59 Å². The van der Waals surface area contributed by atoms with Crippen molar-refractivity contribution in [2.24, 2.45) is 29.1 Å². The number of amides is 1. The molecule has 3 fully saturated rings. The minimum atomic E-state index is -0.103. The normalized spacial score (nSPS) is 39.3. The van der Waals surface area contributed by atoms with Gasteiger partial charge in [0.15, 0.2) is 0 Å². The van der Waals surface area contributed by atoms with Crippen LogP contribution in [0.1, 0.15) is 62.4 Å². The number of esters is 1. The number of rotatable bonds is 2. The van der Waals surface area contributed by atoms with Crippen LogP contribution in [-0.4, -0.2) is 24.0 Å². The maximum Gasteiger partial charge on any atom is 0.309 e. The summed E-state index contributed by atoms with van der Waals surface area (Å²) in [4.78, 5) is 25.0. The van der Waals surface area contributed by atoms with E-state index < -0.39 is 0 Å². The van der Waals surface area contributed by atoms with E-state index >= 15 is 0 Å². The van der Waals surface area contributed by atoms with Crippen molar-refractivity contribution in [3.8, 4) is 6.07 Å². The van der Waals surface area contributed by atoms with Crippen LogP contribution in [0.4, 0.5) is 0 Å². The van der Waals surface area contributed by atoms with Gasteiger partial charge in [0.2, 0.25) is 0 Å². The number of nitrogens with zero attached hydrogens (tertiary/aromatic N) is 1. The van der Waals surface area contributed by atoms with Gasteiger partial charge in [-0.1, -0.05) is 20.8 Å². The number of hydrogen-bond donors (Lipinski definition) is 1. The molecule has 0 radical (unpaired) electrons. The molecule has 0 spiro atoms. The molecule has 1 aromatic carbocycles. The molecule has 0 aromatic heterocycles. The van der Waals surface area contributed by atoms with E-state index in [2.05, 4.69) is 25.2 Å². The Morgan fingerprint density at radius 2 is 1.89 bits per heavy atom. The first kappa shape index (κ1) is 19.0. The van der Waals surface area contributed by atoms with E-state index in [4.69, 9.17) is 10.00 Å². The fourth-order valence-electron chi connectivity index (χ4n) is 5.98. The predicted octanol–water partition coefficient (Wildman–Crippen LogP) is 3.68. The summed E-state index contributed by atoms with van der Waals surface area (Å²) in [6.07, 6.45) is 4.14. The molecular formula is C23H28N2O3. The molecule has 1 amide bonds. The number of nitriles is 1. The van der Waals surface area contributed by atoms with Gasteiger partial charge in [0, 0.05) is 23.4 Å². The lowest BCUT2D eigenvalue weighted by molar-refractivity contribution is -0.153. The molecule has 1 N–H and O–H groups in total. The molecule has 4 rings (SSSR count). The Kier molecular flexibility index (Phi) is 4.69. The van der Waals surface area contributed by atoms with Crippen LogP contribution in [0.5, 0.6) is 0 Å². The first-order chi connectivity index (χ1) is 13.3. The minimum Gasteiger partial charge on any atom is -0.462 e. The van der Waals surface area contributed by atoms with Gasteiger partial charge in [-0.2, -0.15) is 5.26 Å². The smallest absolute Gasteiger partial charge is 0.309 e. The van der Waals surface area contributed by atoms with Gasteiger partial charge in [0.25, 0.3) is 5.91 Å². The fourth-order valence-corrected chi connectivity index (χ4v) is 5.98. The van der Waals surface area contributed by atoms with Gasteiger partial charge in [0.1, 0.15) is 6.10 Å². The third kappa shape index (κ3) is 2.99. The van der Waals surface area contributed by atoms with Gasteiger partial charge in [0.05, 0.1) is 17.6 Å². The topological polar surface area (TPSA) is 79.2 Å². The molecule has 28 heavy (non-hydrogen) atoms. The number of benzene rings is 1. The molecule has 1 heterocycles. The monoisotopic (exact) mass is 380 g/mol. The molecule has 0 unspecified atom stereocenters. The summed E-state index contributed by atoms with van der Waals surface area (Å²) in [5.41, 5.74) is 1.28. The van der Waals surface area contributed by atoms with E-state index in [1.54, 1.807) is 24.3 Å². The number of carbonyl (C=O) groups excluding carboxylic acids is 2. The highest BCUT2D eigenvalue weighted by atomic mass is 16.6. The Morgan fingerprint density at radius 1 is 1.21 bits per heavy atom. The average molecular weight is 380 g/mol. The molecular weight excluding hydrogens is 352 g/mol. The van der Waals surface area contributed by atoms with Crippen molar-refractivity contribution < 1.29 is 14.3 Å². The number of fused-ring (bicyclic) bond motifs is 3. The lowest BCUT2D eigenvalue weighted by Gasteiger charge is -2.54. The number of nitrogens with one attached hydrogen (secondary N) is 1. The summed E-state index contributed by atoms with van der Waals surface area (Å²) in [5, 5.41) is 12.1. The summed E-state index contributed by atoms with van der Waals surface area (Å²) < 4.78 is 5.86. The summed E-state index contributed by atoms with van der Waals surface area (Å²) in [6, 6.07) is 8.87. The van der Waals surface area contributed by atoms with Crippen molar-refractivity contribution >= 4 is 11.9 Å². The minimum absolute atomic E-state index is 0.0182. The van der Waals surface area contributed by atoms with Gasteiger partial charge in [-0.25, -0.2) is 0 Å². The Labute approximate surface area is 166 Å². The van der Waals surface area contributed by atoms with Crippen LogP contribution in [0.25, 0.3) is 0 Å². The third-order valence-corrected chi connectivity index (χ3v) is 7.72. The Balaban J connectivity index is 1.52. The lowest BCUT2D eigenvalue weighted by atomic mass is 9.52. The highest BCUT2D eigenvalue weighted by molar-refractivity contribution is 5.94. The first-order valence-electron chi connectivity index (χ1n) is 10.4. The van der Waals surface area contributed by atoms with Gasteiger partial charge in [-0.15, -0.1) is 0 Å². The zero-order chi connectivity index (χ0) is 20.1. The largest absolute Gasteiger partial charge is 0.462 e. The molecule has 1 aromatic rings. The highest BCUT2D eigenvalue weighted by Gasteiger charge is 2.58. The molecule has 148 valence electrons. The average Bonchev–Trinajstić information content (AvgIpc) is 2.97. The van der Waals surface area contributed by atoms with E-state index in [-0.39, 0.29) is 47.2 Å². The standard InChI is InChI=1S/C23H28N2O3/c1-13-17-8-10-23(3)11-9-18(14(2)19(23)20(17)28-22(13)27)25-21(26)16-6-4-15(12-24)5-7-16/h4-7,13-14,17-20H,8-11H2,1-3H3,(H,25,26)/t13-,14-,17-,18-,19+,20+,23+/m0/s1. The van der Waals surface area contributed by atoms with Crippen molar-refractivity contribution in [1.82, 2.24) is 5.32 Å². The van der Waals surface area contributed by atoms with E-state index in [1.165, 1.54) is 0 Å². The zero-order valence-electron chi connectivity index (χ0n) is 16.8. The molecule has 1 aliphatic heterocycles. The van der Waals surface area contributed by atoms with Crippen LogP contribution >= 0.6 is 0 Å². The number of carbonyl (C=O) groups is 2. The summed E-state index contributed by atoms with van der Waals surface area (Å²) in [6.45, 7) is 6.53. The Morgan fingerprint density at radius 3 is 2.57 bits per heavy atom. The maximum absolute atomic E-state index is 12.8. The van der Waals surface area contributed by atoms with Crippen LogP contribution in [0.15, 0.2) is 24.3 Å². The molecule has 5 heteroatoms. The second-order valence-electron chi connectivity index (χ2n) is 9.24. The molecule has 1 saturated heterocycles. The highest BCUT2D eigenvalue weighted by Crippen LogP contribution is 2.57. The van der Waals surface area contributed by atoms with Crippen LogP contribution < -0.4 is 5.32 Å². The second kappa shape index (κ2) is 6.92. The maximum atomic E-state index is 12.8. The Bertz CT molecular complexity index is 827. The first-order valence-corrected chi connectivity index (χ1v) is 10.4. The predicted molar refractivity (Wildman–Crippen MR) is 104 cm³/mol. The molecule has 5 nitrogen and oxygen atoms in total. The van der Waals surface area contributed by atoms with Crippen molar-refractivity contribution in [3.05, 3.63) is 35.4 Å². The molecule has 2 saturated carbocycles. The molecule has 7 atom stereocenters. The zero-order valence-corrected chi connectivity index (χ0v) is 16.8. The molecule has 0 bridgehead atoms. The second-order valence-corrected chi connectivity index (χ2v) is 9.24. The van der Waals surface area contributed by atoms with E-state index in [0.717, 1.165) is 25.7 Å². The Hall–Kier alpha value is -2.35. The SMILES string of the molecule is C[C@@H]1[C@@H]2[C@@H]3OC(=O)[C@@H](C)[C@@H]3CC[C@]2(C)CC[C@@H]1NC(=O)c1ccc(C#N)cc1. The van der Waals surface area contributed by atoms with Gasteiger partial charge >= 0.3 is 5.97 Å². The number of hydrogen-bond acceptors (Lipinski definition) is 4. The van der Waals surface area contributed by atoms with Crippen LogP contribution in [0.2, 0.25) is 0 Å². The van der Waals surface area contributed by atoms with Crippen molar-refractivity contribution in [1.29, 1.82) is 5.26 Å². The van der Waals surface area contributed by atoms with E-state index in [1.807, 2.05) is 6.92 Å².